The summed E-state index contributed by atoms with van der Waals surface area (Å²) in [5.74, 6) is -0.679. The first-order valence-corrected chi connectivity index (χ1v) is 7.70. The Morgan fingerprint density at radius 1 is 1.45 bits per heavy atom. The molecule has 8 heteroatoms. The maximum Gasteiger partial charge on any atom is 0.250 e. The van der Waals surface area contributed by atoms with Crippen molar-refractivity contribution in [1.82, 2.24) is 14.3 Å². The number of β-amino-alcohol motifs (C(OH)–C–C–N with tert-alkyl or cyclic N) is 1. The lowest BCUT2D eigenvalue weighted by atomic mass is 9.92. The van der Waals surface area contributed by atoms with Gasteiger partial charge in [0.25, 0.3) is 5.91 Å². The fraction of sp³-hybridized carbons (Fsp3) is 0.429. The maximum atomic E-state index is 11.4. The van der Waals surface area contributed by atoms with E-state index in [0.29, 0.717) is 35.1 Å². The normalized spacial score (nSPS) is 23.0. The van der Waals surface area contributed by atoms with Gasteiger partial charge in [0.15, 0.2) is 11.2 Å². The number of carbonyl (C=O) groups is 1. The number of fused-ring (bicyclic) bond motifs is 1. The van der Waals surface area contributed by atoms with E-state index in [-0.39, 0.29) is 6.54 Å². The molecule has 1 aliphatic rings. The fourth-order valence-electron chi connectivity index (χ4n) is 2.84. The lowest BCUT2D eigenvalue weighted by Gasteiger charge is -2.36. The van der Waals surface area contributed by atoms with Crippen LogP contribution in [0.2, 0.25) is 10.0 Å². The van der Waals surface area contributed by atoms with Crippen molar-refractivity contribution in [2.24, 2.45) is 5.73 Å². The van der Waals surface area contributed by atoms with E-state index in [0.717, 1.165) is 12.2 Å². The molecule has 0 aliphatic carbocycles. The molecule has 0 unspecified atom stereocenters. The molecule has 22 heavy (non-hydrogen) atoms. The van der Waals surface area contributed by atoms with Crippen LogP contribution in [0.5, 0.6) is 0 Å². The zero-order valence-corrected chi connectivity index (χ0v) is 13.3. The fourth-order valence-corrected chi connectivity index (χ4v) is 3.37. The van der Waals surface area contributed by atoms with Crippen LogP contribution in [0.3, 0.4) is 0 Å². The third-order valence-corrected chi connectivity index (χ3v) is 4.40. The highest BCUT2D eigenvalue weighted by atomic mass is 35.5. The number of aliphatic hydroxyl groups is 1. The molecule has 0 saturated carbocycles. The lowest BCUT2D eigenvalue weighted by molar-refractivity contribution is -0.142. The second-order valence-corrected chi connectivity index (χ2v) is 6.52. The molecule has 2 aromatic rings. The summed E-state index contributed by atoms with van der Waals surface area (Å²) in [5.41, 5.74) is 5.25. The van der Waals surface area contributed by atoms with E-state index >= 15 is 0 Å². The molecule has 118 valence electrons. The number of pyridine rings is 1. The summed E-state index contributed by atoms with van der Waals surface area (Å²) in [4.78, 5) is 17.8. The highest BCUT2D eigenvalue weighted by molar-refractivity contribution is 6.36. The average Bonchev–Trinajstić information content (AvgIpc) is 2.81. The topological polar surface area (TPSA) is 83.9 Å². The molecule has 1 atom stereocenters. The van der Waals surface area contributed by atoms with E-state index in [2.05, 4.69) is 4.98 Å². The van der Waals surface area contributed by atoms with E-state index in [1.54, 1.807) is 16.7 Å². The van der Waals surface area contributed by atoms with Gasteiger partial charge in [-0.2, -0.15) is 0 Å². The standard InChI is InChI=1S/C14H16Cl2N4O2/c15-9-4-11(16)12-18-10(7-20(12)5-9)6-19-3-1-2-14(22,8-19)13(17)21/h4-5,7,22H,1-3,6,8H2,(H2,17,21)/t14-/m1/s1. The Bertz CT molecular complexity index is 733. The number of aromatic nitrogens is 2. The van der Waals surface area contributed by atoms with E-state index in [4.69, 9.17) is 28.9 Å². The van der Waals surface area contributed by atoms with Crippen molar-refractivity contribution in [2.45, 2.75) is 25.0 Å². The predicted octanol–water partition coefficient (Wildman–Crippen LogP) is 1.45. The van der Waals surface area contributed by atoms with Gasteiger partial charge in [0, 0.05) is 25.5 Å². The van der Waals surface area contributed by atoms with Gasteiger partial charge in [-0.15, -0.1) is 0 Å². The summed E-state index contributed by atoms with van der Waals surface area (Å²) < 4.78 is 1.77. The summed E-state index contributed by atoms with van der Waals surface area (Å²) in [7, 11) is 0. The number of carbonyl (C=O) groups excluding carboxylic acids is 1. The Labute approximate surface area is 137 Å². The highest BCUT2D eigenvalue weighted by Gasteiger charge is 2.38. The number of rotatable bonds is 3. The van der Waals surface area contributed by atoms with Crippen LogP contribution in [0.15, 0.2) is 18.5 Å². The van der Waals surface area contributed by atoms with Gasteiger partial charge in [-0.05, 0) is 25.5 Å². The van der Waals surface area contributed by atoms with Crippen molar-refractivity contribution in [1.29, 1.82) is 0 Å². The van der Waals surface area contributed by atoms with Crippen LogP contribution in [0.4, 0.5) is 0 Å². The summed E-state index contributed by atoms with van der Waals surface area (Å²) in [6.45, 7) is 1.49. The van der Waals surface area contributed by atoms with Crippen molar-refractivity contribution < 1.29 is 9.90 Å². The van der Waals surface area contributed by atoms with Crippen molar-refractivity contribution in [3.63, 3.8) is 0 Å². The monoisotopic (exact) mass is 342 g/mol. The number of nitrogens with zero attached hydrogens (tertiary/aromatic N) is 3. The second kappa shape index (κ2) is 5.70. The lowest BCUT2D eigenvalue weighted by Crippen LogP contribution is -2.55. The number of amides is 1. The third kappa shape index (κ3) is 2.92. The minimum absolute atomic E-state index is 0.213. The van der Waals surface area contributed by atoms with Gasteiger partial charge >= 0.3 is 0 Å². The number of halogens is 2. The Balaban J connectivity index is 1.81. The van der Waals surface area contributed by atoms with Crippen LogP contribution in [0.25, 0.3) is 5.65 Å². The zero-order valence-electron chi connectivity index (χ0n) is 11.8. The van der Waals surface area contributed by atoms with Crippen molar-refractivity contribution in [2.75, 3.05) is 13.1 Å². The van der Waals surface area contributed by atoms with E-state index in [1.807, 2.05) is 11.1 Å². The van der Waals surface area contributed by atoms with Gasteiger partial charge in [0.1, 0.15) is 0 Å². The molecule has 1 saturated heterocycles. The highest BCUT2D eigenvalue weighted by Crippen LogP contribution is 2.24. The number of imidazole rings is 1. The summed E-state index contributed by atoms with van der Waals surface area (Å²) in [6.07, 6.45) is 4.67. The molecule has 1 fully saturated rings. The molecule has 1 aliphatic heterocycles. The van der Waals surface area contributed by atoms with Crippen molar-refractivity contribution in [3.05, 3.63) is 34.2 Å². The molecule has 0 bridgehead atoms. The van der Waals surface area contributed by atoms with Crippen LogP contribution in [0.1, 0.15) is 18.5 Å². The zero-order chi connectivity index (χ0) is 15.9. The number of hydrogen-bond donors (Lipinski definition) is 2. The number of nitrogens with two attached hydrogens (primary N) is 1. The van der Waals surface area contributed by atoms with E-state index < -0.39 is 11.5 Å². The van der Waals surface area contributed by atoms with Gasteiger partial charge in [0.2, 0.25) is 0 Å². The molecule has 0 aromatic carbocycles. The quantitative estimate of drug-likeness (QED) is 0.884. The van der Waals surface area contributed by atoms with Crippen LogP contribution < -0.4 is 5.73 Å². The molecule has 3 heterocycles. The maximum absolute atomic E-state index is 11.4. The first-order valence-electron chi connectivity index (χ1n) is 6.95. The van der Waals surface area contributed by atoms with Crippen LogP contribution >= 0.6 is 23.2 Å². The Kier molecular flexibility index (Phi) is 4.03. The SMILES string of the molecule is NC(=O)[C@@]1(O)CCCN(Cc2cn3cc(Cl)cc(Cl)c3n2)C1. The Morgan fingerprint density at radius 3 is 2.95 bits per heavy atom. The predicted molar refractivity (Wildman–Crippen MR) is 83.9 cm³/mol. The summed E-state index contributed by atoms with van der Waals surface area (Å²) in [6, 6.07) is 1.64. The van der Waals surface area contributed by atoms with Crippen LogP contribution in [-0.4, -0.2) is 44.0 Å². The molecular weight excluding hydrogens is 327 g/mol. The molecule has 3 rings (SSSR count). The molecule has 2 aromatic heterocycles. The van der Waals surface area contributed by atoms with Gasteiger partial charge in [0.05, 0.1) is 15.7 Å². The molecule has 0 spiro atoms. The van der Waals surface area contributed by atoms with E-state index in [9.17, 15) is 9.90 Å². The van der Waals surface area contributed by atoms with E-state index in [1.165, 1.54) is 0 Å². The molecule has 0 radical (unpaired) electrons. The third-order valence-electron chi connectivity index (χ3n) is 3.92. The Morgan fingerprint density at radius 2 is 2.23 bits per heavy atom. The van der Waals surface area contributed by atoms with Crippen molar-refractivity contribution in [3.8, 4) is 0 Å². The van der Waals surface area contributed by atoms with Crippen LogP contribution in [0, 0.1) is 0 Å². The van der Waals surface area contributed by atoms with Crippen molar-refractivity contribution >= 4 is 34.8 Å². The summed E-state index contributed by atoms with van der Waals surface area (Å²) >= 11 is 12.1. The Hall–Kier alpha value is -1.34. The van der Waals surface area contributed by atoms with Gasteiger partial charge in [-0.1, -0.05) is 23.2 Å². The second-order valence-electron chi connectivity index (χ2n) is 5.68. The molecule has 6 nitrogen and oxygen atoms in total. The van der Waals surface area contributed by atoms with Gasteiger partial charge in [-0.25, -0.2) is 4.98 Å². The number of likely N-dealkylation sites (tertiary alicyclic amines) is 1. The molecular formula is C14H16Cl2N4O2. The molecule has 3 N–H and O–H groups in total. The largest absolute Gasteiger partial charge is 0.379 e. The number of piperidine rings is 1. The van der Waals surface area contributed by atoms with Gasteiger partial charge < -0.3 is 15.2 Å². The molecule has 1 amide bonds. The minimum Gasteiger partial charge on any atom is -0.379 e. The minimum atomic E-state index is -1.46. The smallest absolute Gasteiger partial charge is 0.250 e. The van der Waals surface area contributed by atoms with Gasteiger partial charge in [-0.3, -0.25) is 9.69 Å². The first kappa shape index (κ1) is 15.6. The average molecular weight is 343 g/mol. The summed E-state index contributed by atoms with van der Waals surface area (Å²) in [5, 5.41) is 11.2. The number of primary amides is 1. The first-order chi connectivity index (χ1) is 10.4. The number of hydrogen-bond acceptors (Lipinski definition) is 4. The van der Waals surface area contributed by atoms with Crippen LogP contribution in [-0.2, 0) is 11.3 Å².